The Kier molecular flexibility index (Phi) is 5.39. The van der Waals surface area contributed by atoms with Gasteiger partial charge in [0.25, 0.3) is 23.0 Å². The van der Waals surface area contributed by atoms with E-state index in [1.807, 2.05) is 0 Å². The zero-order chi connectivity index (χ0) is 17.7. The summed E-state index contributed by atoms with van der Waals surface area (Å²) in [5.41, 5.74) is 0.998. The molecule has 2 aromatic rings. The summed E-state index contributed by atoms with van der Waals surface area (Å²) in [6.45, 7) is 0. The molecule has 2 aromatic carbocycles. The van der Waals surface area contributed by atoms with Crippen molar-refractivity contribution in [3.63, 3.8) is 0 Å². The largest absolute Gasteiger partial charge is 0.388 e. The van der Waals surface area contributed by atoms with Gasteiger partial charge in [-0.25, -0.2) is 0 Å². The van der Waals surface area contributed by atoms with E-state index in [2.05, 4.69) is 0 Å². The monoisotopic (exact) mass is 360 g/mol. The quantitative estimate of drug-likeness (QED) is 0.593. The van der Waals surface area contributed by atoms with Crippen molar-refractivity contribution in [1.29, 1.82) is 10.5 Å². The number of halogens is 2. The summed E-state index contributed by atoms with van der Waals surface area (Å²) < 4.78 is 9.46. The van der Waals surface area contributed by atoms with Crippen LogP contribution in [0.3, 0.4) is 0 Å². The smallest absolute Gasteiger partial charge is 0.292 e. The topological polar surface area (TPSA) is 100 Å². The van der Waals surface area contributed by atoms with Crippen LogP contribution in [0.2, 0.25) is 0 Å². The molecule has 0 atom stereocenters. The minimum atomic E-state index is -0.752. The highest BCUT2D eigenvalue weighted by atomic mass is 35.5. The highest BCUT2D eigenvalue weighted by Crippen LogP contribution is 2.31. The average molecular weight is 361 g/mol. The van der Waals surface area contributed by atoms with Crippen LogP contribution in [0.5, 0.6) is 11.5 Å². The molecule has 0 aromatic heterocycles. The molecule has 118 valence electrons. The number of carbonyl (C=O) groups excluding carboxylic acids is 2. The Morgan fingerprint density at radius 1 is 0.750 bits per heavy atom. The van der Waals surface area contributed by atoms with Gasteiger partial charge in [0.2, 0.25) is 0 Å². The van der Waals surface area contributed by atoms with Gasteiger partial charge >= 0.3 is 0 Å². The van der Waals surface area contributed by atoms with Crippen LogP contribution in [0.25, 0.3) is 11.1 Å². The standard InChI is InChI=1S/C16H6Cl2N2O4/c17-15(21)11-1-9(3-13(5-11)23-7-19)10-2-12(16(18)22)6-14(4-10)24-8-20/h1-6H. The van der Waals surface area contributed by atoms with Gasteiger partial charge in [-0.3, -0.25) is 9.59 Å². The Morgan fingerprint density at radius 3 is 1.42 bits per heavy atom. The number of hydrogen-bond acceptors (Lipinski definition) is 6. The maximum Gasteiger partial charge on any atom is 0.292 e. The highest BCUT2D eigenvalue weighted by Gasteiger charge is 2.13. The summed E-state index contributed by atoms with van der Waals surface area (Å²) in [6.07, 6.45) is 2.99. The van der Waals surface area contributed by atoms with Crippen molar-refractivity contribution in [3.05, 3.63) is 47.5 Å². The van der Waals surface area contributed by atoms with Crippen LogP contribution in [0.4, 0.5) is 0 Å². The third-order valence-corrected chi connectivity index (χ3v) is 3.36. The first-order valence-electron chi connectivity index (χ1n) is 6.26. The number of hydrogen-bond donors (Lipinski definition) is 0. The lowest BCUT2D eigenvalue weighted by atomic mass is 10.0. The maximum absolute atomic E-state index is 11.4. The normalized spacial score (nSPS) is 9.50. The molecule has 0 radical (unpaired) electrons. The molecule has 6 nitrogen and oxygen atoms in total. The van der Waals surface area contributed by atoms with Gasteiger partial charge in [-0.05, 0) is 70.7 Å². The van der Waals surface area contributed by atoms with E-state index in [0.29, 0.717) is 11.1 Å². The molecule has 8 heteroatoms. The summed E-state index contributed by atoms with van der Waals surface area (Å²) in [4.78, 5) is 22.8. The van der Waals surface area contributed by atoms with Crippen LogP contribution < -0.4 is 9.47 Å². The van der Waals surface area contributed by atoms with Crippen LogP contribution >= 0.6 is 23.2 Å². The Hall–Kier alpha value is -3.06. The van der Waals surface area contributed by atoms with Gasteiger partial charge in [-0.2, -0.15) is 0 Å². The third kappa shape index (κ3) is 4.02. The van der Waals surface area contributed by atoms with Crippen molar-refractivity contribution in [1.82, 2.24) is 0 Å². The fraction of sp³-hybridized carbons (Fsp3) is 0. The van der Waals surface area contributed by atoms with E-state index in [4.69, 9.17) is 43.2 Å². The van der Waals surface area contributed by atoms with Crippen LogP contribution in [-0.4, -0.2) is 10.5 Å². The minimum absolute atomic E-state index is 0.0874. The average Bonchev–Trinajstić information content (AvgIpc) is 2.54. The Bertz CT molecular complexity index is 838. The number of nitriles is 2. The van der Waals surface area contributed by atoms with E-state index in [1.165, 1.54) is 48.9 Å². The van der Waals surface area contributed by atoms with Gasteiger partial charge in [0, 0.05) is 11.1 Å². The molecular formula is C16H6Cl2N2O4. The molecule has 0 heterocycles. The molecule has 0 N–H and O–H groups in total. The summed E-state index contributed by atoms with van der Waals surface area (Å²) in [5, 5.41) is 15.8. The van der Waals surface area contributed by atoms with E-state index in [0.717, 1.165) is 0 Å². The number of rotatable bonds is 5. The van der Waals surface area contributed by atoms with Crippen molar-refractivity contribution < 1.29 is 19.1 Å². The van der Waals surface area contributed by atoms with E-state index in [9.17, 15) is 9.59 Å². The predicted molar refractivity (Wildman–Crippen MR) is 84.7 cm³/mol. The van der Waals surface area contributed by atoms with Crippen molar-refractivity contribution in [3.8, 4) is 35.1 Å². The van der Waals surface area contributed by atoms with Crippen molar-refractivity contribution in [2.75, 3.05) is 0 Å². The van der Waals surface area contributed by atoms with Gasteiger partial charge in [-0.1, -0.05) is 0 Å². The SMILES string of the molecule is N#COc1cc(C(=O)Cl)cc(-c2cc(OC#N)cc(C(=O)Cl)c2)c1. The number of carbonyl (C=O) groups is 2. The van der Waals surface area contributed by atoms with Gasteiger partial charge in [0.1, 0.15) is 11.5 Å². The van der Waals surface area contributed by atoms with Crippen LogP contribution in [0.15, 0.2) is 36.4 Å². The summed E-state index contributed by atoms with van der Waals surface area (Å²) in [7, 11) is 0. The lowest BCUT2D eigenvalue weighted by Crippen LogP contribution is -1.95. The zero-order valence-corrected chi connectivity index (χ0v) is 13.3. The van der Waals surface area contributed by atoms with Gasteiger partial charge in [0.15, 0.2) is 0 Å². The van der Waals surface area contributed by atoms with E-state index in [1.54, 1.807) is 0 Å². The number of ether oxygens (including phenoxy) is 2. The van der Waals surface area contributed by atoms with E-state index < -0.39 is 10.5 Å². The second kappa shape index (κ2) is 7.47. The van der Waals surface area contributed by atoms with Crippen LogP contribution in [0.1, 0.15) is 20.7 Å². The first-order valence-corrected chi connectivity index (χ1v) is 7.02. The molecule has 0 saturated carbocycles. The minimum Gasteiger partial charge on any atom is -0.388 e. The Labute approximate surface area is 146 Å². The van der Waals surface area contributed by atoms with Crippen LogP contribution in [-0.2, 0) is 0 Å². The lowest BCUT2D eigenvalue weighted by molar-refractivity contribution is 0.107. The molecule has 0 spiro atoms. The molecule has 0 amide bonds. The second-order valence-electron chi connectivity index (χ2n) is 4.43. The molecule has 0 saturated heterocycles. The van der Waals surface area contributed by atoms with Gasteiger partial charge < -0.3 is 9.47 Å². The molecular weight excluding hydrogens is 355 g/mol. The molecule has 0 aliphatic rings. The molecule has 2 rings (SSSR count). The number of nitrogens with zero attached hydrogens (tertiary/aromatic N) is 2. The number of benzene rings is 2. The second-order valence-corrected chi connectivity index (χ2v) is 5.11. The molecule has 0 aliphatic carbocycles. The molecule has 0 bridgehead atoms. The first-order chi connectivity index (χ1) is 11.4. The molecule has 0 fully saturated rings. The van der Waals surface area contributed by atoms with Gasteiger partial charge in [0.05, 0.1) is 0 Å². The third-order valence-electron chi connectivity index (χ3n) is 2.93. The fourth-order valence-electron chi connectivity index (χ4n) is 1.98. The first kappa shape index (κ1) is 17.3. The Balaban J connectivity index is 2.66. The molecule has 0 unspecified atom stereocenters. The van der Waals surface area contributed by atoms with Crippen molar-refractivity contribution >= 4 is 33.7 Å². The van der Waals surface area contributed by atoms with E-state index >= 15 is 0 Å². The molecule has 24 heavy (non-hydrogen) atoms. The van der Waals surface area contributed by atoms with Crippen LogP contribution in [0, 0.1) is 23.0 Å². The summed E-state index contributed by atoms with van der Waals surface area (Å²) in [6, 6.07) is 8.39. The van der Waals surface area contributed by atoms with Crippen molar-refractivity contribution in [2.24, 2.45) is 0 Å². The van der Waals surface area contributed by atoms with Crippen molar-refractivity contribution in [2.45, 2.75) is 0 Å². The highest BCUT2D eigenvalue weighted by molar-refractivity contribution is 6.68. The maximum atomic E-state index is 11.4. The fourth-order valence-corrected chi connectivity index (χ4v) is 2.20. The van der Waals surface area contributed by atoms with Gasteiger partial charge in [-0.15, -0.1) is 10.5 Å². The summed E-state index contributed by atoms with van der Waals surface area (Å²) >= 11 is 11.0. The summed E-state index contributed by atoms with van der Waals surface area (Å²) in [5.74, 6) is 0.175. The lowest BCUT2D eigenvalue weighted by Gasteiger charge is -2.08. The Morgan fingerprint density at radius 2 is 1.12 bits per heavy atom. The molecule has 0 aliphatic heterocycles. The zero-order valence-electron chi connectivity index (χ0n) is 11.7. The predicted octanol–water partition coefficient (Wildman–Crippen LogP) is 3.83. The van der Waals surface area contributed by atoms with E-state index in [-0.39, 0.29) is 22.6 Å².